The van der Waals surface area contributed by atoms with Crippen molar-refractivity contribution in [3.63, 3.8) is 0 Å². The molecule has 0 aliphatic carbocycles. The van der Waals surface area contributed by atoms with E-state index < -0.39 is 0 Å². The van der Waals surface area contributed by atoms with Crippen LogP contribution >= 0.6 is 11.6 Å². The first-order chi connectivity index (χ1) is 10.3. The summed E-state index contributed by atoms with van der Waals surface area (Å²) in [7, 11) is 0. The number of nitrogens with zero attached hydrogens (tertiary/aromatic N) is 2. The highest BCUT2D eigenvalue weighted by molar-refractivity contribution is 6.31. The van der Waals surface area contributed by atoms with Gasteiger partial charge in [-0.15, -0.1) is 0 Å². The fourth-order valence-electron chi connectivity index (χ4n) is 2.37. The molecule has 2 aromatic rings. The fourth-order valence-corrected chi connectivity index (χ4v) is 2.61. The highest BCUT2D eigenvalue weighted by Gasteiger charge is 2.12. The third-order valence-corrected chi connectivity index (χ3v) is 3.92. The van der Waals surface area contributed by atoms with E-state index in [1.807, 2.05) is 12.3 Å². The molecule has 1 aromatic carbocycles. The quantitative estimate of drug-likeness (QED) is 0.891. The Balaban J connectivity index is 1.59. The lowest BCUT2D eigenvalue weighted by molar-refractivity contribution is 0.0342. The molecule has 0 spiro atoms. The summed E-state index contributed by atoms with van der Waals surface area (Å²) in [4.78, 5) is 9.60. The molecule has 0 radical (unpaired) electrons. The van der Waals surface area contributed by atoms with Gasteiger partial charge in [-0.1, -0.05) is 17.7 Å². The van der Waals surface area contributed by atoms with Gasteiger partial charge in [-0.25, -0.2) is 4.98 Å². The summed E-state index contributed by atoms with van der Waals surface area (Å²) in [5.74, 6) is 0.906. The van der Waals surface area contributed by atoms with Crippen molar-refractivity contribution in [1.82, 2.24) is 14.9 Å². The van der Waals surface area contributed by atoms with Crippen LogP contribution in [0.25, 0.3) is 0 Å². The van der Waals surface area contributed by atoms with Gasteiger partial charge < -0.3 is 15.0 Å². The minimum atomic E-state index is 0.659. The lowest BCUT2D eigenvalue weighted by Gasteiger charge is -2.27. The molecule has 2 N–H and O–H groups in total. The molecule has 3 rings (SSSR count). The standard InChI is InChI=1S/C15H19ClN4O/c16-14-9-13(19-10-15-17-3-4-18-15)2-1-12(14)11-20-5-7-21-8-6-20/h1-4,9,19H,5-8,10-11H2,(H,17,18). The van der Waals surface area contributed by atoms with Crippen molar-refractivity contribution >= 4 is 17.3 Å². The Morgan fingerprint density at radius 3 is 2.90 bits per heavy atom. The van der Waals surface area contributed by atoms with Crippen molar-refractivity contribution in [3.05, 3.63) is 47.0 Å². The summed E-state index contributed by atoms with van der Waals surface area (Å²) in [5, 5.41) is 4.10. The van der Waals surface area contributed by atoms with Crippen LogP contribution in [0.4, 0.5) is 5.69 Å². The monoisotopic (exact) mass is 306 g/mol. The molecule has 1 aromatic heterocycles. The Hall–Kier alpha value is -1.56. The van der Waals surface area contributed by atoms with Gasteiger partial charge >= 0.3 is 0 Å². The normalized spacial score (nSPS) is 16.0. The first kappa shape index (κ1) is 14.4. The van der Waals surface area contributed by atoms with Crippen LogP contribution in [-0.4, -0.2) is 41.2 Å². The number of hydrogen-bond donors (Lipinski definition) is 2. The summed E-state index contributed by atoms with van der Waals surface area (Å²) in [6.07, 6.45) is 3.56. The SMILES string of the molecule is Clc1cc(NCc2ncc[nH]2)ccc1CN1CCOCC1. The smallest absolute Gasteiger partial charge is 0.125 e. The van der Waals surface area contributed by atoms with E-state index in [0.29, 0.717) is 6.54 Å². The van der Waals surface area contributed by atoms with Gasteiger partial charge in [0, 0.05) is 42.7 Å². The van der Waals surface area contributed by atoms with Crippen LogP contribution in [0.5, 0.6) is 0 Å². The van der Waals surface area contributed by atoms with E-state index >= 15 is 0 Å². The zero-order valence-corrected chi connectivity index (χ0v) is 12.6. The third kappa shape index (κ3) is 3.97. The van der Waals surface area contributed by atoms with Gasteiger partial charge in [0.15, 0.2) is 0 Å². The fraction of sp³-hybridized carbons (Fsp3) is 0.400. The topological polar surface area (TPSA) is 53.2 Å². The second-order valence-electron chi connectivity index (χ2n) is 5.08. The van der Waals surface area contributed by atoms with E-state index in [9.17, 15) is 0 Å². The Bertz CT molecular complexity index is 567. The van der Waals surface area contributed by atoms with Crippen LogP contribution in [-0.2, 0) is 17.8 Å². The minimum absolute atomic E-state index is 0.659. The summed E-state index contributed by atoms with van der Waals surface area (Å²) in [5.41, 5.74) is 2.16. The van der Waals surface area contributed by atoms with Gasteiger partial charge in [-0.3, -0.25) is 4.90 Å². The van der Waals surface area contributed by atoms with Crippen LogP contribution in [0.15, 0.2) is 30.6 Å². The van der Waals surface area contributed by atoms with Gasteiger partial charge in [0.2, 0.25) is 0 Å². The maximum atomic E-state index is 6.39. The van der Waals surface area contributed by atoms with Gasteiger partial charge in [-0.2, -0.15) is 0 Å². The van der Waals surface area contributed by atoms with Gasteiger partial charge in [0.1, 0.15) is 5.82 Å². The second kappa shape index (κ2) is 6.93. The molecule has 0 bridgehead atoms. The van der Waals surface area contributed by atoms with Gasteiger partial charge in [0.25, 0.3) is 0 Å². The number of nitrogens with one attached hydrogen (secondary N) is 2. The molecule has 1 aliphatic heterocycles. The minimum Gasteiger partial charge on any atom is -0.379 e. The number of hydrogen-bond acceptors (Lipinski definition) is 4. The van der Waals surface area contributed by atoms with Crippen LogP contribution < -0.4 is 5.32 Å². The number of aromatic nitrogens is 2. The summed E-state index contributed by atoms with van der Waals surface area (Å²) < 4.78 is 5.36. The molecule has 1 saturated heterocycles. The molecule has 5 nitrogen and oxygen atoms in total. The Kier molecular flexibility index (Phi) is 4.75. The predicted molar refractivity (Wildman–Crippen MR) is 83.5 cm³/mol. The van der Waals surface area contributed by atoms with E-state index in [2.05, 4.69) is 32.3 Å². The van der Waals surface area contributed by atoms with Crippen LogP contribution in [0.3, 0.4) is 0 Å². The summed E-state index contributed by atoms with van der Waals surface area (Å²) in [6, 6.07) is 6.12. The van der Waals surface area contributed by atoms with E-state index in [-0.39, 0.29) is 0 Å². The number of imidazole rings is 1. The summed E-state index contributed by atoms with van der Waals surface area (Å²) in [6.45, 7) is 5.08. The lowest BCUT2D eigenvalue weighted by atomic mass is 10.2. The van der Waals surface area contributed by atoms with Crippen molar-refractivity contribution in [1.29, 1.82) is 0 Å². The molecular formula is C15H19ClN4O. The molecule has 21 heavy (non-hydrogen) atoms. The average molecular weight is 307 g/mol. The highest BCUT2D eigenvalue weighted by atomic mass is 35.5. The molecule has 1 fully saturated rings. The maximum absolute atomic E-state index is 6.39. The number of H-pyrrole nitrogens is 1. The molecule has 0 saturated carbocycles. The average Bonchev–Trinajstić information content (AvgIpc) is 3.02. The molecule has 2 heterocycles. The van der Waals surface area contributed by atoms with E-state index in [1.54, 1.807) is 6.20 Å². The summed E-state index contributed by atoms with van der Waals surface area (Å²) >= 11 is 6.39. The number of ether oxygens (including phenoxy) is 1. The third-order valence-electron chi connectivity index (χ3n) is 3.57. The molecule has 112 valence electrons. The predicted octanol–water partition coefficient (Wildman–Crippen LogP) is 2.51. The molecule has 0 unspecified atom stereocenters. The van der Waals surface area contributed by atoms with Gasteiger partial charge in [0.05, 0.1) is 19.8 Å². The molecular weight excluding hydrogens is 288 g/mol. The maximum Gasteiger partial charge on any atom is 0.125 e. The van der Waals surface area contributed by atoms with E-state index in [4.69, 9.17) is 16.3 Å². The van der Waals surface area contributed by atoms with Crippen LogP contribution in [0, 0.1) is 0 Å². The molecule has 0 amide bonds. The first-order valence-electron chi connectivity index (χ1n) is 7.12. The second-order valence-corrected chi connectivity index (χ2v) is 5.49. The Morgan fingerprint density at radius 2 is 2.19 bits per heavy atom. The van der Waals surface area contributed by atoms with Crippen molar-refractivity contribution in [3.8, 4) is 0 Å². The van der Waals surface area contributed by atoms with E-state index in [1.165, 1.54) is 0 Å². The number of aromatic amines is 1. The first-order valence-corrected chi connectivity index (χ1v) is 7.50. The highest BCUT2D eigenvalue weighted by Crippen LogP contribution is 2.23. The number of halogens is 1. The number of morpholine rings is 1. The molecule has 6 heteroatoms. The van der Waals surface area contributed by atoms with Crippen LogP contribution in [0.2, 0.25) is 5.02 Å². The number of rotatable bonds is 5. The van der Waals surface area contributed by atoms with Crippen molar-refractivity contribution in [2.45, 2.75) is 13.1 Å². The van der Waals surface area contributed by atoms with Crippen LogP contribution in [0.1, 0.15) is 11.4 Å². The number of anilines is 1. The molecule has 0 atom stereocenters. The Morgan fingerprint density at radius 1 is 1.33 bits per heavy atom. The van der Waals surface area contributed by atoms with Crippen molar-refractivity contribution in [2.75, 3.05) is 31.6 Å². The Labute approximate surface area is 129 Å². The lowest BCUT2D eigenvalue weighted by Crippen LogP contribution is -2.35. The largest absolute Gasteiger partial charge is 0.379 e. The zero-order valence-electron chi connectivity index (χ0n) is 11.8. The van der Waals surface area contributed by atoms with Crippen molar-refractivity contribution in [2.24, 2.45) is 0 Å². The van der Waals surface area contributed by atoms with E-state index in [0.717, 1.165) is 54.9 Å². The van der Waals surface area contributed by atoms with Gasteiger partial charge in [-0.05, 0) is 17.7 Å². The van der Waals surface area contributed by atoms with Crippen molar-refractivity contribution < 1.29 is 4.74 Å². The zero-order chi connectivity index (χ0) is 14.5. The molecule has 1 aliphatic rings. The number of benzene rings is 1.